The number of nitrogens with zero attached hydrogens (tertiary/aromatic N) is 2. The first-order valence-electron chi connectivity index (χ1n) is 7.79. The summed E-state index contributed by atoms with van der Waals surface area (Å²) in [5, 5.41) is 1.76. The van der Waals surface area contributed by atoms with Gasteiger partial charge in [0.2, 0.25) is 5.91 Å². The van der Waals surface area contributed by atoms with Gasteiger partial charge in [-0.2, -0.15) is 4.31 Å². The molecule has 0 N–H and O–H groups in total. The zero-order valence-electron chi connectivity index (χ0n) is 13.4. The monoisotopic (exact) mass is 368 g/mol. The molecule has 0 unspecified atom stereocenters. The number of carbonyl (C=O) groups is 1. The number of hydrogen-bond donors (Lipinski definition) is 0. The Morgan fingerprint density at radius 1 is 1.33 bits per heavy atom. The summed E-state index contributed by atoms with van der Waals surface area (Å²) in [6, 6.07) is 6.98. The maximum absolute atomic E-state index is 12.5. The summed E-state index contributed by atoms with van der Waals surface area (Å²) in [6.07, 6.45) is 2.68. The average molecular weight is 368 g/mol. The van der Waals surface area contributed by atoms with Crippen molar-refractivity contribution in [1.82, 2.24) is 9.21 Å². The Hall–Kier alpha value is -1.64. The number of piperidine rings is 1. The summed E-state index contributed by atoms with van der Waals surface area (Å²) >= 11 is 1.22. The summed E-state index contributed by atoms with van der Waals surface area (Å²) in [7, 11) is -1.67. The molecule has 0 atom stereocenters. The highest BCUT2D eigenvalue weighted by Gasteiger charge is 2.33. The summed E-state index contributed by atoms with van der Waals surface area (Å²) < 4.78 is 32.1. The quantitative estimate of drug-likeness (QED) is 0.812. The molecule has 1 fully saturated rings. The van der Waals surface area contributed by atoms with Gasteiger partial charge in [0.05, 0.1) is 12.8 Å². The lowest BCUT2D eigenvalue weighted by Crippen LogP contribution is -2.43. The number of sulfonamides is 1. The number of carbonyl (C=O) groups excluding carboxylic acids is 1. The van der Waals surface area contributed by atoms with E-state index in [1.54, 1.807) is 41.8 Å². The molecule has 0 saturated carbocycles. The molecule has 3 heterocycles. The van der Waals surface area contributed by atoms with Crippen molar-refractivity contribution in [3.63, 3.8) is 0 Å². The van der Waals surface area contributed by atoms with Gasteiger partial charge >= 0.3 is 0 Å². The molecule has 1 amide bonds. The molecule has 6 nitrogen and oxygen atoms in total. The normalized spacial score (nSPS) is 17.0. The second kappa shape index (κ2) is 7.08. The third-order valence-corrected chi connectivity index (χ3v) is 7.51. The molecule has 130 valence electrons. The van der Waals surface area contributed by atoms with Gasteiger partial charge in [-0.05, 0) is 36.4 Å². The van der Waals surface area contributed by atoms with Crippen LogP contribution in [-0.4, -0.2) is 43.7 Å². The molecule has 3 rings (SSSR count). The predicted octanol–water partition coefficient (Wildman–Crippen LogP) is 2.40. The third-order valence-electron chi connectivity index (χ3n) is 4.24. The highest BCUT2D eigenvalue weighted by molar-refractivity contribution is 7.91. The van der Waals surface area contributed by atoms with Crippen LogP contribution in [-0.2, 0) is 21.4 Å². The maximum Gasteiger partial charge on any atom is 0.252 e. The molecule has 1 saturated heterocycles. The standard InChI is InChI=1S/C16H20N2O4S2/c1-17(12-14-4-2-10-22-14)16(19)13-6-8-18(9-7-13)24(20,21)15-5-3-11-23-15/h2-5,10-11,13H,6-9,12H2,1H3. The maximum atomic E-state index is 12.5. The fraction of sp³-hybridized carbons (Fsp3) is 0.438. The van der Waals surface area contributed by atoms with Gasteiger partial charge in [0.15, 0.2) is 0 Å². The summed E-state index contributed by atoms with van der Waals surface area (Å²) in [5.41, 5.74) is 0. The molecule has 2 aromatic heterocycles. The lowest BCUT2D eigenvalue weighted by molar-refractivity contribution is -0.136. The van der Waals surface area contributed by atoms with E-state index in [-0.39, 0.29) is 11.8 Å². The summed E-state index contributed by atoms with van der Waals surface area (Å²) in [4.78, 5) is 14.2. The summed E-state index contributed by atoms with van der Waals surface area (Å²) in [5.74, 6) is 0.642. The molecule has 0 aliphatic carbocycles. The Labute approximate surface area is 145 Å². The van der Waals surface area contributed by atoms with Gasteiger partial charge in [-0.25, -0.2) is 8.42 Å². The minimum atomic E-state index is -3.42. The van der Waals surface area contributed by atoms with Crippen molar-refractivity contribution >= 4 is 27.3 Å². The fourth-order valence-corrected chi connectivity index (χ4v) is 5.52. The highest BCUT2D eigenvalue weighted by Crippen LogP contribution is 2.27. The molecular formula is C16H20N2O4S2. The average Bonchev–Trinajstić information content (AvgIpc) is 3.28. The molecular weight excluding hydrogens is 348 g/mol. The van der Waals surface area contributed by atoms with Crippen LogP contribution in [0.1, 0.15) is 18.6 Å². The topological polar surface area (TPSA) is 70.8 Å². The minimum Gasteiger partial charge on any atom is -0.467 e. The lowest BCUT2D eigenvalue weighted by Gasteiger charge is -2.32. The molecule has 1 aliphatic heterocycles. The van der Waals surface area contributed by atoms with Gasteiger partial charge in [-0.1, -0.05) is 6.07 Å². The molecule has 0 radical (unpaired) electrons. The van der Waals surface area contributed by atoms with Gasteiger partial charge in [0.25, 0.3) is 10.0 Å². The van der Waals surface area contributed by atoms with E-state index in [1.165, 1.54) is 15.6 Å². The Balaban J connectivity index is 1.57. The van der Waals surface area contributed by atoms with E-state index in [0.717, 1.165) is 5.76 Å². The van der Waals surface area contributed by atoms with Crippen LogP contribution < -0.4 is 0 Å². The molecule has 1 aliphatic rings. The zero-order chi connectivity index (χ0) is 17.2. The van der Waals surface area contributed by atoms with Crippen molar-refractivity contribution in [3.8, 4) is 0 Å². The molecule has 0 bridgehead atoms. The van der Waals surface area contributed by atoms with Gasteiger partial charge in [0.1, 0.15) is 9.97 Å². The SMILES string of the molecule is CN(Cc1ccco1)C(=O)C1CCN(S(=O)(=O)c2cccs2)CC1. The van der Waals surface area contributed by atoms with Crippen molar-refractivity contribution in [2.45, 2.75) is 23.6 Å². The second-order valence-corrected chi connectivity index (χ2v) is 9.00. The number of hydrogen-bond acceptors (Lipinski definition) is 5. The minimum absolute atomic E-state index is 0.0413. The van der Waals surface area contributed by atoms with Crippen molar-refractivity contribution < 1.29 is 17.6 Å². The van der Waals surface area contributed by atoms with E-state index >= 15 is 0 Å². The summed E-state index contributed by atoms with van der Waals surface area (Å²) in [6.45, 7) is 1.19. The van der Waals surface area contributed by atoms with E-state index in [4.69, 9.17) is 4.42 Å². The zero-order valence-corrected chi connectivity index (χ0v) is 15.1. The number of furan rings is 1. The third kappa shape index (κ3) is 3.55. The second-order valence-electron chi connectivity index (χ2n) is 5.88. The van der Waals surface area contributed by atoms with Crippen molar-refractivity contribution in [1.29, 1.82) is 0 Å². The van der Waals surface area contributed by atoms with Crippen LogP contribution in [0.4, 0.5) is 0 Å². The largest absolute Gasteiger partial charge is 0.467 e. The van der Waals surface area contributed by atoms with E-state index in [0.29, 0.717) is 36.7 Å². The van der Waals surface area contributed by atoms with Crippen molar-refractivity contribution in [2.75, 3.05) is 20.1 Å². The molecule has 0 aromatic carbocycles. The van der Waals surface area contributed by atoms with Gasteiger partial charge in [-0.15, -0.1) is 11.3 Å². The Morgan fingerprint density at radius 2 is 2.08 bits per heavy atom. The van der Waals surface area contributed by atoms with Gasteiger partial charge in [0, 0.05) is 26.1 Å². The van der Waals surface area contributed by atoms with Crippen LogP contribution in [0.5, 0.6) is 0 Å². The number of thiophene rings is 1. The molecule has 8 heteroatoms. The first-order valence-corrected chi connectivity index (χ1v) is 10.1. The predicted molar refractivity (Wildman–Crippen MR) is 91.0 cm³/mol. The van der Waals surface area contributed by atoms with Crippen LogP contribution >= 0.6 is 11.3 Å². The molecule has 24 heavy (non-hydrogen) atoms. The Morgan fingerprint density at radius 3 is 2.67 bits per heavy atom. The highest BCUT2D eigenvalue weighted by atomic mass is 32.2. The lowest BCUT2D eigenvalue weighted by atomic mass is 9.96. The van der Waals surface area contributed by atoms with E-state index in [2.05, 4.69) is 0 Å². The number of amides is 1. The van der Waals surface area contributed by atoms with Gasteiger partial charge in [-0.3, -0.25) is 4.79 Å². The van der Waals surface area contributed by atoms with Crippen molar-refractivity contribution in [3.05, 3.63) is 41.7 Å². The molecule has 0 spiro atoms. The van der Waals surface area contributed by atoms with Crippen LogP contribution in [0.15, 0.2) is 44.5 Å². The van der Waals surface area contributed by atoms with Gasteiger partial charge < -0.3 is 9.32 Å². The van der Waals surface area contributed by atoms with Crippen LogP contribution in [0.25, 0.3) is 0 Å². The smallest absolute Gasteiger partial charge is 0.252 e. The van der Waals surface area contributed by atoms with E-state index in [9.17, 15) is 13.2 Å². The van der Waals surface area contributed by atoms with Crippen molar-refractivity contribution in [2.24, 2.45) is 5.92 Å². The van der Waals surface area contributed by atoms with Crippen LogP contribution in [0.3, 0.4) is 0 Å². The molecule has 2 aromatic rings. The first kappa shape index (κ1) is 17.2. The first-order chi connectivity index (χ1) is 11.5. The fourth-order valence-electron chi connectivity index (χ4n) is 2.91. The Kier molecular flexibility index (Phi) is 5.07. The Bertz CT molecular complexity index is 761. The number of rotatable bonds is 5. The van der Waals surface area contributed by atoms with E-state index < -0.39 is 10.0 Å². The van der Waals surface area contributed by atoms with Crippen LogP contribution in [0, 0.1) is 5.92 Å². The van der Waals surface area contributed by atoms with E-state index in [1.807, 2.05) is 6.07 Å². The van der Waals surface area contributed by atoms with Crippen LogP contribution in [0.2, 0.25) is 0 Å².